The van der Waals surface area contributed by atoms with E-state index in [0.717, 1.165) is 13.1 Å². The van der Waals surface area contributed by atoms with E-state index in [2.05, 4.69) is 79.3 Å². The maximum Gasteiger partial charge on any atom is 0.0449 e. The Labute approximate surface area is 121 Å². The molecule has 0 aromatic heterocycles. The number of anilines is 2. The Bertz CT molecular complexity index is 556. The Balaban J connectivity index is 2.07. The lowest BCUT2D eigenvalue weighted by molar-refractivity contribution is 0.418. The van der Waals surface area contributed by atoms with Crippen molar-refractivity contribution in [3.63, 3.8) is 0 Å². The summed E-state index contributed by atoms with van der Waals surface area (Å²) in [5, 5.41) is 0. The number of rotatable bonds is 3. The third-order valence-corrected chi connectivity index (χ3v) is 4.16. The van der Waals surface area contributed by atoms with Gasteiger partial charge in [-0.3, -0.25) is 0 Å². The van der Waals surface area contributed by atoms with Gasteiger partial charge in [-0.2, -0.15) is 0 Å². The number of hydrogen-bond acceptors (Lipinski definition) is 2. The second kappa shape index (κ2) is 5.29. The van der Waals surface area contributed by atoms with E-state index in [-0.39, 0.29) is 0 Å². The van der Waals surface area contributed by atoms with E-state index in [1.54, 1.807) is 0 Å². The zero-order valence-corrected chi connectivity index (χ0v) is 12.5. The molecular weight excluding hydrogens is 244 g/mol. The SMILES string of the molecule is CC1c2ccccc2N(CCN(C)C)c2ccccc21. The molecule has 2 heteroatoms. The van der Waals surface area contributed by atoms with Gasteiger partial charge >= 0.3 is 0 Å². The highest BCUT2D eigenvalue weighted by Crippen LogP contribution is 2.44. The van der Waals surface area contributed by atoms with E-state index in [1.807, 2.05) is 0 Å². The first-order chi connectivity index (χ1) is 9.68. The Kier molecular flexibility index (Phi) is 3.49. The monoisotopic (exact) mass is 266 g/mol. The maximum absolute atomic E-state index is 2.46. The topological polar surface area (TPSA) is 6.48 Å². The zero-order valence-electron chi connectivity index (χ0n) is 12.5. The van der Waals surface area contributed by atoms with E-state index in [1.165, 1.54) is 22.5 Å². The van der Waals surface area contributed by atoms with Gasteiger partial charge in [-0.05, 0) is 37.4 Å². The predicted molar refractivity (Wildman–Crippen MR) is 86.0 cm³/mol. The maximum atomic E-state index is 2.46. The van der Waals surface area contributed by atoms with Crippen LogP contribution in [0, 0.1) is 0 Å². The van der Waals surface area contributed by atoms with Crippen molar-refractivity contribution < 1.29 is 0 Å². The van der Waals surface area contributed by atoms with Gasteiger partial charge in [0.25, 0.3) is 0 Å². The van der Waals surface area contributed by atoms with E-state index in [4.69, 9.17) is 0 Å². The highest BCUT2D eigenvalue weighted by atomic mass is 15.2. The van der Waals surface area contributed by atoms with Crippen LogP contribution in [0.2, 0.25) is 0 Å². The van der Waals surface area contributed by atoms with Gasteiger partial charge in [-0.25, -0.2) is 0 Å². The molecule has 0 radical (unpaired) electrons. The predicted octanol–water partition coefficient (Wildman–Crippen LogP) is 3.85. The second-order valence-corrected chi connectivity index (χ2v) is 5.79. The van der Waals surface area contributed by atoms with Crippen LogP contribution in [-0.4, -0.2) is 32.1 Å². The van der Waals surface area contributed by atoms with Gasteiger partial charge in [-0.1, -0.05) is 43.3 Å². The molecule has 0 spiro atoms. The van der Waals surface area contributed by atoms with Crippen LogP contribution in [0.4, 0.5) is 11.4 Å². The summed E-state index contributed by atoms with van der Waals surface area (Å²) >= 11 is 0. The summed E-state index contributed by atoms with van der Waals surface area (Å²) in [5.41, 5.74) is 5.59. The fourth-order valence-corrected chi connectivity index (χ4v) is 3.04. The van der Waals surface area contributed by atoms with Crippen molar-refractivity contribution in [2.75, 3.05) is 32.1 Å². The molecule has 1 aliphatic heterocycles. The second-order valence-electron chi connectivity index (χ2n) is 5.79. The number of nitrogens with zero attached hydrogens (tertiary/aromatic N) is 2. The molecule has 1 aliphatic rings. The number of fused-ring (bicyclic) bond motifs is 2. The van der Waals surface area contributed by atoms with Gasteiger partial charge in [0, 0.05) is 30.4 Å². The van der Waals surface area contributed by atoms with Gasteiger partial charge in [-0.15, -0.1) is 0 Å². The molecule has 0 atom stereocenters. The van der Waals surface area contributed by atoms with E-state index in [9.17, 15) is 0 Å². The normalized spacial score (nSPS) is 14.3. The van der Waals surface area contributed by atoms with Gasteiger partial charge in [0.1, 0.15) is 0 Å². The Morgan fingerprint density at radius 2 is 1.40 bits per heavy atom. The van der Waals surface area contributed by atoms with Crippen LogP contribution >= 0.6 is 0 Å². The fourth-order valence-electron chi connectivity index (χ4n) is 3.04. The average molecular weight is 266 g/mol. The molecule has 0 N–H and O–H groups in total. The third-order valence-electron chi connectivity index (χ3n) is 4.16. The van der Waals surface area contributed by atoms with Crippen LogP contribution in [0.5, 0.6) is 0 Å². The number of benzene rings is 2. The summed E-state index contributed by atoms with van der Waals surface area (Å²) < 4.78 is 0. The molecule has 2 nitrogen and oxygen atoms in total. The molecule has 0 bridgehead atoms. The van der Waals surface area contributed by atoms with Crippen molar-refractivity contribution >= 4 is 11.4 Å². The molecule has 1 heterocycles. The standard InChI is InChI=1S/C18H22N2/c1-14-15-8-4-6-10-17(15)20(13-12-19(2)3)18-11-7-5-9-16(14)18/h4-11,14H,12-13H2,1-3H3. The minimum absolute atomic E-state index is 0.470. The lowest BCUT2D eigenvalue weighted by Gasteiger charge is -2.37. The molecule has 2 aromatic carbocycles. The summed E-state index contributed by atoms with van der Waals surface area (Å²) in [6, 6.07) is 17.6. The summed E-state index contributed by atoms with van der Waals surface area (Å²) in [4.78, 5) is 4.70. The lowest BCUT2D eigenvalue weighted by atomic mass is 9.86. The van der Waals surface area contributed by atoms with Crippen LogP contribution in [0.25, 0.3) is 0 Å². The van der Waals surface area contributed by atoms with E-state index in [0.29, 0.717) is 5.92 Å². The van der Waals surface area contributed by atoms with Crippen molar-refractivity contribution in [1.29, 1.82) is 0 Å². The highest BCUT2D eigenvalue weighted by Gasteiger charge is 2.26. The summed E-state index contributed by atoms with van der Waals surface area (Å²) in [6.45, 7) is 4.38. The number of likely N-dealkylation sites (N-methyl/N-ethyl adjacent to an activating group) is 1. The summed E-state index contributed by atoms with van der Waals surface area (Å²) in [5.74, 6) is 0.470. The Hall–Kier alpha value is -1.80. The minimum Gasteiger partial charge on any atom is -0.340 e. The van der Waals surface area contributed by atoms with Gasteiger partial charge in [0.05, 0.1) is 0 Å². The first-order valence-electron chi connectivity index (χ1n) is 7.28. The minimum atomic E-state index is 0.470. The van der Waals surface area contributed by atoms with E-state index < -0.39 is 0 Å². The number of para-hydroxylation sites is 2. The van der Waals surface area contributed by atoms with Gasteiger partial charge in [0.2, 0.25) is 0 Å². The summed E-state index contributed by atoms with van der Waals surface area (Å²) in [6.07, 6.45) is 0. The first kappa shape index (κ1) is 13.2. The van der Waals surface area contributed by atoms with Crippen molar-refractivity contribution in [1.82, 2.24) is 4.90 Å². The molecule has 20 heavy (non-hydrogen) atoms. The number of hydrogen-bond donors (Lipinski definition) is 0. The molecule has 0 unspecified atom stereocenters. The molecule has 2 aromatic rings. The lowest BCUT2D eigenvalue weighted by Crippen LogP contribution is -2.31. The quantitative estimate of drug-likeness (QED) is 0.832. The Morgan fingerprint density at radius 1 is 0.900 bits per heavy atom. The molecule has 0 amide bonds. The van der Waals surface area contributed by atoms with Crippen molar-refractivity contribution in [2.45, 2.75) is 12.8 Å². The molecule has 3 rings (SSSR count). The largest absolute Gasteiger partial charge is 0.340 e. The van der Waals surface area contributed by atoms with Crippen molar-refractivity contribution in [3.05, 3.63) is 59.7 Å². The molecule has 0 aliphatic carbocycles. The van der Waals surface area contributed by atoms with Crippen LogP contribution in [-0.2, 0) is 0 Å². The van der Waals surface area contributed by atoms with Crippen molar-refractivity contribution in [2.24, 2.45) is 0 Å². The average Bonchev–Trinajstić information content (AvgIpc) is 2.47. The zero-order chi connectivity index (χ0) is 14.1. The molecular formula is C18H22N2. The van der Waals surface area contributed by atoms with Crippen LogP contribution in [0.15, 0.2) is 48.5 Å². The summed E-state index contributed by atoms with van der Waals surface area (Å²) in [7, 11) is 4.26. The molecule has 0 saturated heterocycles. The molecule has 0 fully saturated rings. The van der Waals surface area contributed by atoms with E-state index >= 15 is 0 Å². The smallest absolute Gasteiger partial charge is 0.0449 e. The van der Waals surface area contributed by atoms with Gasteiger partial charge in [0.15, 0.2) is 0 Å². The Morgan fingerprint density at radius 3 is 1.90 bits per heavy atom. The third kappa shape index (κ3) is 2.20. The first-order valence-corrected chi connectivity index (χ1v) is 7.28. The molecule has 0 saturated carbocycles. The highest BCUT2D eigenvalue weighted by molar-refractivity contribution is 5.75. The van der Waals surface area contributed by atoms with Gasteiger partial charge < -0.3 is 9.80 Å². The van der Waals surface area contributed by atoms with Crippen LogP contribution < -0.4 is 4.90 Å². The van der Waals surface area contributed by atoms with Crippen LogP contribution in [0.3, 0.4) is 0 Å². The fraction of sp³-hybridized carbons (Fsp3) is 0.333. The van der Waals surface area contributed by atoms with Crippen LogP contribution in [0.1, 0.15) is 24.0 Å². The van der Waals surface area contributed by atoms with Crippen molar-refractivity contribution in [3.8, 4) is 0 Å². The molecule has 104 valence electrons.